The number of fused-ring (bicyclic) bond motifs is 3. The summed E-state index contributed by atoms with van der Waals surface area (Å²) in [5, 5.41) is 20.3. The second-order valence-electron chi connectivity index (χ2n) is 7.22. The number of nitrogens with zero attached hydrogens (tertiary/aromatic N) is 2. The molecule has 2 aliphatic rings. The first kappa shape index (κ1) is 18.0. The van der Waals surface area contributed by atoms with Crippen molar-refractivity contribution in [3.8, 4) is 12.1 Å². The number of nitriles is 2. The molecule has 138 valence electrons. The summed E-state index contributed by atoms with van der Waals surface area (Å²) < 4.78 is 28.2. The maximum Gasteiger partial charge on any atom is 0.212 e. The van der Waals surface area contributed by atoms with Crippen LogP contribution < -0.4 is 4.90 Å². The minimum absolute atomic E-state index is 0.0116. The molecule has 0 aromatic heterocycles. The van der Waals surface area contributed by atoms with Gasteiger partial charge < -0.3 is 0 Å². The predicted molar refractivity (Wildman–Crippen MR) is 96.4 cm³/mol. The van der Waals surface area contributed by atoms with Crippen LogP contribution in [0.5, 0.6) is 0 Å². The van der Waals surface area contributed by atoms with Crippen molar-refractivity contribution in [1.29, 1.82) is 10.5 Å². The standard InChI is InChI=1S/C22H15F2N3O/c1-13(28)20-19(17-7-6-15(23)10-18(17)24)22(11-25,12-26)21-16-5-3-2-4-14(16)8-9-27(20)21/h2-10,19-21H,1H3/p+1/t19-,20-,21+/m0/s1. The van der Waals surface area contributed by atoms with Gasteiger partial charge in [0.2, 0.25) is 5.41 Å². The number of rotatable bonds is 2. The number of Topliss-reactive ketones (excluding diaryl/α,β-unsaturated/α-hetero) is 1. The number of hydrogen-bond donors (Lipinski definition) is 1. The number of carbonyl (C=O) groups is 1. The first-order valence-electron chi connectivity index (χ1n) is 8.86. The van der Waals surface area contributed by atoms with E-state index in [1.807, 2.05) is 30.3 Å². The van der Waals surface area contributed by atoms with Gasteiger partial charge >= 0.3 is 0 Å². The van der Waals surface area contributed by atoms with E-state index in [9.17, 15) is 24.1 Å². The summed E-state index contributed by atoms with van der Waals surface area (Å²) in [7, 11) is 0. The fourth-order valence-corrected chi connectivity index (χ4v) is 4.75. The molecule has 0 aliphatic carbocycles. The fourth-order valence-electron chi connectivity index (χ4n) is 4.75. The average molecular weight is 376 g/mol. The van der Waals surface area contributed by atoms with Crippen molar-refractivity contribution in [1.82, 2.24) is 0 Å². The highest BCUT2D eigenvalue weighted by Gasteiger charge is 2.67. The molecule has 0 spiro atoms. The summed E-state index contributed by atoms with van der Waals surface area (Å²) in [6.45, 7) is 1.38. The summed E-state index contributed by atoms with van der Waals surface area (Å²) in [5.41, 5.74) is -0.0592. The zero-order valence-corrected chi connectivity index (χ0v) is 15.0. The molecule has 1 unspecified atom stereocenters. The van der Waals surface area contributed by atoms with Crippen LogP contribution in [0.4, 0.5) is 8.78 Å². The minimum Gasteiger partial charge on any atom is -0.293 e. The molecule has 2 aliphatic heterocycles. The van der Waals surface area contributed by atoms with E-state index >= 15 is 0 Å². The first-order valence-corrected chi connectivity index (χ1v) is 8.86. The molecule has 6 heteroatoms. The van der Waals surface area contributed by atoms with Crippen LogP contribution in [0, 0.1) is 39.7 Å². The smallest absolute Gasteiger partial charge is 0.212 e. The second kappa shape index (κ2) is 6.37. The Morgan fingerprint density at radius 3 is 2.46 bits per heavy atom. The number of quaternary nitrogens is 1. The van der Waals surface area contributed by atoms with E-state index < -0.39 is 35.1 Å². The van der Waals surface area contributed by atoms with Crippen LogP contribution in [-0.4, -0.2) is 11.8 Å². The Kier molecular flexibility index (Phi) is 4.10. The lowest BCUT2D eigenvalue weighted by molar-refractivity contribution is -0.885. The maximum atomic E-state index is 14.7. The molecular formula is C22H16F2N3O+. The van der Waals surface area contributed by atoms with Gasteiger partial charge in [-0.25, -0.2) is 8.78 Å². The van der Waals surface area contributed by atoms with Crippen molar-refractivity contribution in [2.75, 3.05) is 0 Å². The van der Waals surface area contributed by atoms with Crippen LogP contribution >= 0.6 is 0 Å². The molecule has 1 N–H and O–H groups in total. The van der Waals surface area contributed by atoms with E-state index in [0.717, 1.165) is 23.3 Å². The number of nitrogens with one attached hydrogen (secondary N) is 1. The van der Waals surface area contributed by atoms with Gasteiger partial charge in [0, 0.05) is 24.1 Å². The molecule has 4 nitrogen and oxygen atoms in total. The van der Waals surface area contributed by atoms with Crippen molar-refractivity contribution in [3.05, 3.63) is 77.0 Å². The van der Waals surface area contributed by atoms with Gasteiger partial charge in [-0.15, -0.1) is 0 Å². The summed E-state index contributed by atoms with van der Waals surface area (Å²) in [5.74, 6) is -2.90. The number of halogens is 2. The predicted octanol–water partition coefficient (Wildman–Crippen LogP) is 2.66. The van der Waals surface area contributed by atoms with E-state index in [-0.39, 0.29) is 11.3 Å². The maximum absolute atomic E-state index is 14.7. The van der Waals surface area contributed by atoms with Gasteiger partial charge in [0.25, 0.3) is 0 Å². The molecular weight excluding hydrogens is 360 g/mol. The van der Waals surface area contributed by atoms with Gasteiger partial charge in [0.15, 0.2) is 17.9 Å². The zero-order valence-electron chi connectivity index (χ0n) is 15.0. The number of carbonyl (C=O) groups excluding carboxylic acids is 1. The van der Waals surface area contributed by atoms with E-state index in [0.29, 0.717) is 4.90 Å². The van der Waals surface area contributed by atoms with Gasteiger partial charge in [-0.3, -0.25) is 9.69 Å². The third-order valence-corrected chi connectivity index (χ3v) is 5.84. The topological polar surface area (TPSA) is 69.1 Å². The van der Waals surface area contributed by atoms with Gasteiger partial charge in [0.1, 0.15) is 11.6 Å². The normalized spacial score (nSPS) is 26.6. The van der Waals surface area contributed by atoms with Crippen molar-refractivity contribution in [2.24, 2.45) is 5.41 Å². The summed E-state index contributed by atoms with van der Waals surface area (Å²) in [4.78, 5) is 13.3. The number of benzene rings is 2. The highest BCUT2D eigenvalue weighted by molar-refractivity contribution is 5.82. The van der Waals surface area contributed by atoms with E-state index in [4.69, 9.17) is 0 Å². The first-order chi connectivity index (χ1) is 13.4. The minimum atomic E-state index is -1.69. The van der Waals surface area contributed by atoms with Crippen LogP contribution in [0.2, 0.25) is 0 Å². The second-order valence-corrected chi connectivity index (χ2v) is 7.22. The van der Waals surface area contributed by atoms with E-state index in [1.54, 1.807) is 6.20 Å². The molecule has 2 heterocycles. The van der Waals surface area contributed by atoms with E-state index in [1.165, 1.54) is 13.0 Å². The Hall–Kier alpha value is -3.35. The molecule has 4 atom stereocenters. The molecule has 2 aromatic carbocycles. The quantitative estimate of drug-likeness (QED) is 0.876. The summed E-state index contributed by atoms with van der Waals surface area (Å²) >= 11 is 0. The molecule has 0 bridgehead atoms. The lowest BCUT2D eigenvalue weighted by Crippen LogP contribution is -3.11. The van der Waals surface area contributed by atoms with Gasteiger partial charge in [-0.1, -0.05) is 30.3 Å². The Balaban J connectivity index is 2.03. The molecule has 4 rings (SSSR count). The highest BCUT2D eigenvalue weighted by Crippen LogP contribution is 2.51. The molecule has 2 aromatic rings. The van der Waals surface area contributed by atoms with Crippen LogP contribution in [0.1, 0.15) is 35.6 Å². The van der Waals surface area contributed by atoms with Crippen molar-refractivity contribution >= 4 is 11.9 Å². The lowest BCUT2D eigenvalue weighted by Gasteiger charge is -2.29. The molecule has 0 saturated carbocycles. The number of hydrogen-bond acceptors (Lipinski definition) is 3. The largest absolute Gasteiger partial charge is 0.293 e. The molecule has 0 radical (unpaired) electrons. The third-order valence-electron chi connectivity index (χ3n) is 5.84. The van der Waals surface area contributed by atoms with Crippen molar-refractivity contribution in [2.45, 2.75) is 24.9 Å². The average Bonchev–Trinajstić information content (AvgIpc) is 2.99. The van der Waals surface area contributed by atoms with Crippen LogP contribution in [0.3, 0.4) is 0 Å². The van der Waals surface area contributed by atoms with Crippen LogP contribution in [-0.2, 0) is 4.79 Å². The summed E-state index contributed by atoms with van der Waals surface area (Å²) in [6, 6.07) is 13.1. The van der Waals surface area contributed by atoms with E-state index in [2.05, 4.69) is 12.1 Å². The van der Waals surface area contributed by atoms with Gasteiger partial charge in [-0.2, -0.15) is 10.5 Å². The Labute approximate surface area is 160 Å². The van der Waals surface area contributed by atoms with Crippen LogP contribution in [0.15, 0.2) is 48.7 Å². The Morgan fingerprint density at radius 1 is 1.11 bits per heavy atom. The fraction of sp³-hybridized carbons (Fsp3) is 0.227. The third kappa shape index (κ3) is 2.32. The molecule has 28 heavy (non-hydrogen) atoms. The SMILES string of the molecule is CC(=O)[C@H]1[C@H](c2ccc(F)cc2F)C(C#N)(C#N)[C@H]2c3ccccc3C=C[NH+]12. The monoisotopic (exact) mass is 376 g/mol. The highest BCUT2D eigenvalue weighted by atomic mass is 19.1. The zero-order chi connectivity index (χ0) is 20.1. The van der Waals surface area contributed by atoms with Gasteiger partial charge in [0.05, 0.1) is 24.3 Å². The van der Waals surface area contributed by atoms with Crippen molar-refractivity contribution < 1.29 is 18.5 Å². The lowest BCUT2D eigenvalue weighted by atomic mass is 9.67. The van der Waals surface area contributed by atoms with Crippen LogP contribution in [0.25, 0.3) is 6.08 Å². The molecule has 0 amide bonds. The number of ketones is 1. The Bertz CT molecular complexity index is 1080. The Morgan fingerprint density at radius 2 is 1.82 bits per heavy atom. The van der Waals surface area contributed by atoms with Crippen molar-refractivity contribution in [3.63, 3.8) is 0 Å². The molecule has 1 fully saturated rings. The van der Waals surface area contributed by atoms with Gasteiger partial charge in [-0.05, 0) is 17.7 Å². The molecule has 1 saturated heterocycles. The summed E-state index contributed by atoms with van der Waals surface area (Å²) in [6.07, 6.45) is 3.62.